The number of H-pyrrole nitrogens is 1. The number of aromatic hydroxyl groups is 1. The molecule has 2 amide bonds. The number of thiophene rings is 1. The summed E-state index contributed by atoms with van der Waals surface area (Å²) in [5.41, 5.74) is 0.650. The van der Waals surface area contributed by atoms with Crippen LogP contribution in [0.25, 0.3) is 10.9 Å². The standard InChI is InChI=1S/C40H47N5O7S/c1-43(19-5-18-41-24-31(47)28-8-10-30(46)36-29(28)9-13-35(48)42-36)37(49)33-11-12-34(53-33)38(50)45-22-16-40(17-23-45,27-6-3-2-4-7-27)39(51)52-32-25-44-20-14-26(32)15-21-44/h2-4,6-13,26,31-32,41,46-47H,5,14-25H2,1H3,(H,42,48)/t31-,32?/m0/s1. The SMILES string of the molecule is CN(CCCNC[C@H](O)c1ccc(O)c2[nH]c(=O)ccc12)C(=O)c1ccc(C(=O)N2CCC(C(=O)OC3CN4CCC3CC4)(c3ccccc3)CC2)s1. The highest BCUT2D eigenvalue weighted by atomic mass is 32.1. The van der Waals surface area contributed by atoms with Gasteiger partial charge in [0.1, 0.15) is 11.9 Å². The Morgan fingerprint density at radius 1 is 1.00 bits per heavy atom. The Morgan fingerprint density at radius 2 is 1.74 bits per heavy atom. The van der Waals surface area contributed by atoms with E-state index in [-0.39, 0.29) is 47.3 Å². The quantitative estimate of drug-likeness (QED) is 0.125. The van der Waals surface area contributed by atoms with E-state index in [1.165, 1.54) is 23.5 Å². The summed E-state index contributed by atoms with van der Waals surface area (Å²) >= 11 is 1.18. The molecule has 6 heterocycles. The molecule has 4 aliphatic rings. The molecule has 0 radical (unpaired) electrons. The van der Waals surface area contributed by atoms with Crippen LogP contribution in [0.1, 0.15) is 68.7 Å². The minimum Gasteiger partial charge on any atom is -0.506 e. The average Bonchev–Trinajstić information content (AvgIpc) is 3.69. The molecule has 280 valence electrons. The third-order valence-corrected chi connectivity index (χ3v) is 12.4. The Balaban J connectivity index is 0.898. The van der Waals surface area contributed by atoms with Gasteiger partial charge in [0.2, 0.25) is 5.56 Å². The number of pyridine rings is 1. The highest BCUT2D eigenvalue weighted by Crippen LogP contribution is 2.40. The molecule has 2 atom stereocenters. The number of piperidine rings is 4. The van der Waals surface area contributed by atoms with Gasteiger partial charge in [-0.05, 0) is 93.0 Å². The van der Waals surface area contributed by atoms with Crippen LogP contribution in [-0.4, -0.2) is 113 Å². The lowest BCUT2D eigenvalue weighted by Crippen LogP contribution is -2.55. The fraction of sp³-hybridized carbons (Fsp3) is 0.450. The number of nitrogens with zero attached hydrogens (tertiary/aromatic N) is 3. The fourth-order valence-corrected chi connectivity index (χ4v) is 9.08. The molecule has 4 aliphatic heterocycles. The molecule has 4 saturated heterocycles. The van der Waals surface area contributed by atoms with Crippen LogP contribution in [0.5, 0.6) is 5.75 Å². The molecule has 4 fully saturated rings. The minimum atomic E-state index is -0.871. The Labute approximate surface area is 312 Å². The van der Waals surface area contributed by atoms with Crippen molar-refractivity contribution in [3.8, 4) is 5.75 Å². The number of aromatic nitrogens is 1. The number of phenols is 1. The van der Waals surface area contributed by atoms with Crippen LogP contribution >= 0.6 is 11.3 Å². The van der Waals surface area contributed by atoms with Crippen LogP contribution in [0.3, 0.4) is 0 Å². The number of aromatic amines is 1. The summed E-state index contributed by atoms with van der Waals surface area (Å²) in [6.45, 7) is 5.03. The van der Waals surface area contributed by atoms with E-state index < -0.39 is 11.5 Å². The van der Waals surface area contributed by atoms with Gasteiger partial charge in [-0.25, -0.2) is 0 Å². The molecule has 12 nitrogen and oxygen atoms in total. The molecule has 0 saturated carbocycles. The summed E-state index contributed by atoms with van der Waals surface area (Å²) in [6.07, 6.45) is 2.75. The number of ether oxygens (including phenoxy) is 1. The number of esters is 1. The zero-order valence-corrected chi connectivity index (χ0v) is 30.8. The first kappa shape index (κ1) is 36.8. The highest BCUT2D eigenvalue weighted by Gasteiger charge is 2.47. The molecular formula is C40H47N5O7S. The Kier molecular flexibility index (Phi) is 11.0. The second-order valence-electron chi connectivity index (χ2n) is 14.6. The number of carbonyl (C=O) groups is 3. The third kappa shape index (κ3) is 7.75. The van der Waals surface area contributed by atoms with Crippen molar-refractivity contribution in [3.63, 3.8) is 0 Å². The number of benzene rings is 2. The summed E-state index contributed by atoms with van der Waals surface area (Å²) in [5, 5.41) is 24.7. The van der Waals surface area contributed by atoms with Crippen LogP contribution < -0.4 is 10.9 Å². The van der Waals surface area contributed by atoms with Crippen molar-refractivity contribution in [1.82, 2.24) is 25.0 Å². The van der Waals surface area contributed by atoms with Crippen LogP contribution in [0.2, 0.25) is 0 Å². The monoisotopic (exact) mass is 741 g/mol. The molecule has 0 spiro atoms. The van der Waals surface area contributed by atoms with Crippen LogP contribution in [-0.2, 0) is 14.9 Å². The van der Waals surface area contributed by atoms with Gasteiger partial charge >= 0.3 is 5.97 Å². The van der Waals surface area contributed by atoms with Gasteiger partial charge in [0.25, 0.3) is 11.8 Å². The summed E-state index contributed by atoms with van der Waals surface area (Å²) in [7, 11) is 1.73. The summed E-state index contributed by atoms with van der Waals surface area (Å²) < 4.78 is 6.29. The lowest BCUT2D eigenvalue weighted by molar-refractivity contribution is -0.167. The molecule has 2 bridgehead atoms. The van der Waals surface area contributed by atoms with E-state index in [9.17, 15) is 29.4 Å². The number of hydrogen-bond donors (Lipinski definition) is 4. The summed E-state index contributed by atoms with van der Waals surface area (Å²) in [5.74, 6) is -0.141. The van der Waals surface area contributed by atoms with Gasteiger partial charge in [-0.3, -0.25) is 24.1 Å². The van der Waals surface area contributed by atoms with E-state index in [1.54, 1.807) is 41.1 Å². The average molecular weight is 742 g/mol. The number of aliphatic hydroxyl groups excluding tert-OH is 1. The fourth-order valence-electron chi connectivity index (χ4n) is 8.11. The van der Waals surface area contributed by atoms with E-state index in [0.29, 0.717) is 72.1 Å². The smallest absolute Gasteiger partial charge is 0.317 e. The Bertz CT molecular complexity index is 2000. The van der Waals surface area contributed by atoms with Gasteiger partial charge in [0, 0.05) is 51.2 Å². The molecule has 0 aliphatic carbocycles. The first-order valence-electron chi connectivity index (χ1n) is 18.5. The second-order valence-corrected chi connectivity index (χ2v) is 15.7. The van der Waals surface area contributed by atoms with Gasteiger partial charge in [-0.1, -0.05) is 36.4 Å². The lowest BCUT2D eigenvalue weighted by Gasteiger charge is -2.46. The zero-order valence-electron chi connectivity index (χ0n) is 30.0. The van der Waals surface area contributed by atoms with Gasteiger partial charge in [-0.2, -0.15) is 0 Å². The number of hydrogen-bond acceptors (Lipinski definition) is 10. The number of aliphatic hydroxyl groups is 1. The molecule has 2 aromatic carbocycles. The molecule has 4 aromatic rings. The summed E-state index contributed by atoms with van der Waals surface area (Å²) in [4.78, 5) is 62.0. The normalized spacial score (nSPS) is 21.3. The van der Waals surface area contributed by atoms with Crippen molar-refractivity contribution < 1.29 is 29.3 Å². The highest BCUT2D eigenvalue weighted by molar-refractivity contribution is 7.15. The lowest BCUT2D eigenvalue weighted by atomic mass is 9.72. The number of nitrogens with one attached hydrogen (secondary N) is 2. The maximum atomic E-state index is 14.0. The second kappa shape index (κ2) is 15.8. The number of fused-ring (bicyclic) bond motifs is 4. The molecule has 13 heteroatoms. The molecular weight excluding hydrogens is 695 g/mol. The van der Waals surface area contributed by atoms with Gasteiger partial charge in [-0.15, -0.1) is 11.3 Å². The molecule has 1 unspecified atom stereocenters. The van der Waals surface area contributed by atoms with E-state index in [2.05, 4.69) is 15.2 Å². The van der Waals surface area contributed by atoms with Gasteiger partial charge in [0.15, 0.2) is 0 Å². The molecule has 2 aromatic heterocycles. The first-order chi connectivity index (χ1) is 25.6. The van der Waals surface area contributed by atoms with E-state index in [4.69, 9.17) is 4.74 Å². The van der Waals surface area contributed by atoms with Crippen molar-refractivity contribution in [3.05, 3.63) is 98.0 Å². The van der Waals surface area contributed by atoms with E-state index >= 15 is 0 Å². The molecule has 8 rings (SSSR count). The Hall–Kier alpha value is -4.56. The first-order valence-corrected chi connectivity index (χ1v) is 19.3. The number of likely N-dealkylation sites (tertiary alicyclic amines) is 1. The summed E-state index contributed by atoms with van der Waals surface area (Å²) in [6, 6.07) is 19.2. The van der Waals surface area contributed by atoms with Crippen molar-refractivity contribution >= 4 is 40.0 Å². The maximum absolute atomic E-state index is 14.0. The van der Waals surface area contributed by atoms with Crippen molar-refractivity contribution in [2.24, 2.45) is 5.92 Å². The van der Waals surface area contributed by atoms with Gasteiger partial charge in [0.05, 0.1) is 26.8 Å². The van der Waals surface area contributed by atoms with Crippen molar-refractivity contribution in [2.45, 2.75) is 49.7 Å². The number of amides is 2. The van der Waals surface area contributed by atoms with Crippen LogP contribution in [0, 0.1) is 5.92 Å². The molecule has 4 N–H and O–H groups in total. The predicted molar refractivity (Wildman–Crippen MR) is 202 cm³/mol. The van der Waals surface area contributed by atoms with Crippen molar-refractivity contribution in [1.29, 1.82) is 0 Å². The van der Waals surface area contributed by atoms with Gasteiger partial charge < -0.3 is 35.1 Å². The maximum Gasteiger partial charge on any atom is 0.317 e. The topological polar surface area (TPSA) is 156 Å². The van der Waals surface area contributed by atoms with Crippen molar-refractivity contribution in [2.75, 3.05) is 59.4 Å². The van der Waals surface area contributed by atoms with E-state index in [0.717, 1.165) is 38.0 Å². The largest absolute Gasteiger partial charge is 0.506 e. The predicted octanol–water partition coefficient (Wildman–Crippen LogP) is 3.89. The van der Waals surface area contributed by atoms with Crippen LogP contribution in [0.4, 0.5) is 0 Å². The van der Waals surface area contributed by atoms with E-state index in [1.807, 2.05) is 30.3 Å². The zero-order chi connectivity index (χ0) is 37.1. The number of phenolic OH excluding ortho intramolecular Hbond substituents is 1. The number of carbonyl (C=O) groups excluding carboxylic acids is 3. The number of rotatable bonds is 12. The Morgan fingerprint density at radius 3 is 2.45 bits per heavy atom. The minimum absolute atomic E-state index is 0.0635. The molecule has 53 heavy (non-hydrogen) atoms. The third-order valence-electron chi connectivity index (χ3n) is 11.3. The van der Waals surface area contributed by atoms with Crippen LogP contribution in [0.15, 0.2) is 71.5 Å².